The van der Waals surface area contributed by atoms with Crippen molar-refractivity contribution in [2.24, 2.45) is 0 Å². The molecule has 0 spiro atoms. The van der Waals surface area contributed by atoms with Crippen LogP contribution in [0.15, 0.2) is 36.4 Å². The summed E-state index contributed by atoms with van der Waals surface area (Å²) in [5.41, 5.74) is 2.39. The van der Waals surface area contributed by atoms with Gasteiger partial charge in [0.05, 0.1) is 0 Å². The molecular formula is C15H17NOS. The van der Waals surface area contributed by atoms with Crippen molar-refractivity contribution in [3.8, 4) is 0 Å². The third kappa shape index (κ3) is 3.26. The molecule has 0 unspecified atom stereocenters. The Kier molecular flexibility index (Phi) is 4.26. The Morgan fingerprint density at radius 3 is 2.67 bits per heavy atom. The van der Waals surface area contributed by atoms with Crippen molar-refractivity contribution in [1.29, 1.82) is 0 Å². The van der Waals surface area contributed by atoms with E-state index in [1.165, 1.54) is 16.3 Å². The summed E-state index contributed by atoms with van der Waals surface area (Å²) in [5.74, 6) is 0.636. The summed E-state index contributed by atoms with van der Waals surface area (Å²) in [6.45, 7) is 2.67. The van der Waals surface area contributed by atoms with Gasteiger partial charge in [0.25, 0.3) is 0 Å². The molecule has 0 atom stereocenters. The maximum absolute atomic E-state index is 11.4. The van der Waals surface area contributed by atoms with Crippen molar-refractivity contribution in [3.05, 3.63) is 47.5 Å². The molecule has 0 bridgehead atoms. The van der Waals surface area contributed by atoms with E-state index in [1.54, 1.807) is 0 Å². The van der Waals surface area contributed by atoms with Crippen LogP contribution in [0.5, 0.6) is 0 Å². The second-order valence-electron chi connectivity index (χ2n) is 4.44. The van der Waals surface area contributed by atoms with Crippen LogP contribution >= 0.6 is 12.6 Å². The molecule has 0 aliphatic heterocycles. The lowest BCUT2D eigenvalue weighted by Crippen LogP contribution is -2.22. The monoisotopic (exact) mass is 259 g/mol. The van der Waals surface area contributed by atoms with Crippen LogP contribution in [0.2, 0.25) is 0 Å². The molecule has 0 saturated heterocycles. The van der Waals surface area contributed by atoms with Crippen molar-refractivity contribution >= 4 is 29.3 Å². The first-order chi connectivity index (χ1) is 8.69. The van der Waals surface area contributed by atoms with Crippen LogP contribution in [0.25, 0.3) is 10.8 Å². The first kappa shape index (κ1) is 13.0. The van der Waals surface area contributed by atoms with Crippen molar-refractivity contribution in [2.45, 2.75) is 19.9 Å². The highest BCUT2D eigenvalue weighted by molar-refractivity contribution is 7.80. The number of hydrogen-bond donors (Lipinski definition) is 2. The maximum atomic E-state index is 11.4. The molecule has 2 aromatic carbocycles. The maximum Gasteiger partial charge on any atom is 0.221 e. The first-order valence-electron chi connectivity index (χ1n) is 6.06. The van der Waals surface area contributed by atoms with Gasteiger partial charge in [0.1, 0.15) is 0 Å². The van der Waals surface area contributed by atoms with Gasteiger partial charge in [-0.15, -0.1) is 0 Å². The number of carbonyl (C=O) groups excluding carboxylic acids is 1. The zero-order valence-electron chi connectivity index (χ0n) is 10.4. The predicted octanol–water partition coefficient (Wildman–Crippen LogP) is 3.08. The number of fused-ring (bicyclic) bond motifs is 1. The Hall–Kier alpha value is -1.48. The van der Waals surface area contributed by atoms with Gasteiger partial charge in [0.2, 0.25) is 5.91 Å². The van der Waals surface area contributed by atoms with E-state index in [1.807, 2.05) is 0 Å². The van der Waals surface area contributed by atoms with Crippen LogP contribution in [0.1, 0.15) is 17.5 Å². The zero-order chi connectivity index (χ0) is 13.0. The average molecular weight is 259 g/mol. The van der Waals surface area contributed by atoms with Gasteiger partial charge >= 0.3 is 0 Å². The Labute approximate surface area is 113 Å². The SMILES string of the molecule is Cc1ccc2cc(CNC(=O)CCS)ccc2c1. The molecule has 2 nitrogen and oxygen atoms in total. The number of nitrogens with one attached hydrogen (secondary N) is 1. The summed E-state index contributed by atoms with van der Waals surface area (Å²) < 4.78 is 0. The fourth-order valence-electron chi connectivity index (χ4n) is 1.92. The molecule has 2 aromatic rings. The summed E-state index contributed by atoms with van der Waals surface area (Å²) in [6.07, 6.45) is 0.468. The number of thiol groups is 1. The van der Waals surface area contributed by atoms with Crippen molar-refractivity contribution in [2.75, 3.05) is 5.75 Å². The van der Waals surface area contributed by atoms with Crippen LogP contribution in [0.4, 0.5) is 0 Å². The van der Waals surface area contributed by atoms with Crippen LogP contribution in [-0.4, -0.2) is 11.7 Å². The Balaban J connectivity index is 2.10. The van der Waals surface area contributed by atoms with Gasteiger partial charge in [-0.2, -0.15) is 12.6 Å². The minimum atomic E-state index is 0.0500. The predicted molar refractivity (Wildman–Crippen MR) is 79.0 cm³/mol. The van der Waals surface area contributed by atoms with E-state index in [2.05, 4.69) is 61.3 Å². The summed E-state index contributed by atoms with van der Waals surface area (Å²) in [7, 11) is 0. The van der Waals surface area contributed by atoms with Gasteiger partial charge in [-0.25, -0.2) is 0 Å². The molecule has 0 saturated carbocycles. The van der Waals surface area contributed by atoms with E-state index in [0.717, 1.165) is 5.56 Å². The molecule has 94 valence electrons. The lowest BCUT2D eigenvalue weighted by Gasteiger charge is -2.06. The van der Waals surface area contributed by atoms with E-state index in [-0.39, 0.29) is 5.91 Å². The highest BCUT2D eigenvalue weighted by atomic mass is 32.1. The minimum absolute atomic E-state index is 0.0500. The summed E-state index contributed by atoms with van der Waals surface area (Å²) in [5, 5.41) is 5.33. The normalized spacial score (nSPS) is 10.6. The fourth-order valence-corrected chi connectivity index (χ4v) is 2.12. The standard InChI is InChI=1S/C15H17NOS/c1-11-2-4-14-9-12(3-5-13(14)8-11)10-16-15(17)6-7-18/h2-5,8-9,18H,6-7,10H2,1H3,(H,16,17). The molecule has 0 radical (unpaired) electrons. The molecule has 0 aliphatic rings. The van der Waals surface area contributed by atoms with Crippen LogP contribution in [-0.2, 0) is 11.3 Å². The molecule has 0 aliphatic carbocycles. The molecule has 18 heavy (non-hydrogen) atoms. The molecule has 1 amide bonds. The van der Waals surface area contributed by atoms with Crippen molar-refractivity contribution in [1.82, 2.24) is 5.32 Å². The summed E-state index contributed by atoms with van der Waals surface area (Å²) in [6, 6.07) is 12.7. The molecular weight excluding hydrogens is 242 g/mol. The molecule has 0 fully saturated rings. The van der Waals surface area contributed by atoms with E-state index in [0.29, 0.717) is 18.7 Å². The third-order valence-electron chi connectivity index (χ3n) is 2.89. The Bertz CT molecular complexity index is 565. The molecule has 3 heteroatoms. The smallest absolute Gasteiger partial charge is 0.221 e. The van der Waals surface area contributed by atoms with E-state index in [9.17, 15) is 4.79 Å². The van der Waals surface area contributed by atoms with Crippen molar-refractivity contribution in [3.63, 3.8) is 0 Å². The quantitative estimate of drug-likeness (QED) is 0.812. The molecule has 0 aromatic heterocycles. The largest absolute Gasteiger partial charge is 0.352 e. The number of amides is 1. The van der Waals surface area contributed by atoms with Gasteiger partial charge in [-0.1, -0.05) is 35.9 Å². The average Bonchev–Trinajstić information content (AvgIpc) is 2.36. The number of carbonyl (C=O) groups is 1. The molecule has 1 N–H and O–H groups in total. The topological polar surface area (TPSA) is 29.1 Å². The second kappa shape index (κ2) is 5.91. The highest BCUT2D eigenvalue weighted by Gasteiger charge is 2.01. The number of hydrogen-bond acceptors (Lipinski definition) is 2. The van der Waals surface area contributed by atoms with Crippen LogP contribution < -0.4 is 5.32 Å². The third-order valence-corrected chi connectivity index (χ3v) is 3.11. The van der Waals surface area contributed by atoms with Gasteiger partial charge in [0.15, 0.2) is 0 Å². The van der Waals surface area contributed by atoms with Gasteiger partial charge in [0, 0.05) is 13.0 Å². The van der Waals surface area contributed by atoms with Crippen LogP contribution in [0.3, 0.4) is 0 Å². The lowest BCUT2D eigenvalue weighted by atomic mass is 10.0. The first-order valence-corrected chi connectivity index (χ1v) is 6.69. The number of benzene rings is 2. The lowest BCUT2D eigenvalue weighted by molar-refractivity contribution is -0.120. The van der Waals surface area contributed by atoms with E-state index >= 15 is 0 Å². The molecule has 2 rings (SSSR count). The fraction of sp³-hybridized carbons (Fsp3) is 0.267. The Morgan fingerprint density at radius 1 is 1.17 bits per heavy atom. The summed E-state index contributed by atoms with van der Waals surface area (Å²) >= 11 is 4.04. The molecule has 0 heterocycles. The highest BCUT2D eigenvalue weighted by Crippen LogP contribution is 2.17. The number of rotatable bonds is 4. The van der Waals surface area contributed by atoms with Crippen LogP contribution in [0, 0.1) is 6.92 Å². The van der Waals surface area contributed by atoms with Crippen molar-refractivity contribution < 1.29 is 4.79 Å². The second-order valence-corrected chi connectivity index (χ2v) is 4.88. The van der Waals surface area contributed by atoms with E-state index < -0.39 is 0 Å². The summed E-state index contributed by atoms with van der Waals surface area (Å²) in [4.78, 5) is 11.4. The minimum Gasteiger partial charge on any atom is -0.352 e. The van der Waals surface area contributed by atoms with Gasteiger partial charge < -0.3 is 5.32 Å². The van der Waals surface area contributed by atoms with E-state index in [4.69, 9.17) is 0 Å². The Morgan fingerprint density at radius 2 is 1.89 bits per heavy atom. The van der Waals surface area contributed by atoms with Gasteiger partial charge in [-0.05, 0) is 35.1 Å². The number of aryl methyl sites for hydroxylation is 1. The zero-order valence-corrected chi connectivity index (χ0v) is 11.3. The van der Waals surface area contributed by atoms with Gasteiger partial charge in [-0.3, -0.25) is 4.79 Å².